The number of nitrogens with zero attached hydrogens (tertiary/aromatic N) is 1. The molecule has 4 nitrogen and oxygen atoms in total. The quantitative estimate of drug-likeness (QED) is 0.612. The zero-order chi connectivity index (χ0) is 10.4. The molecular weight excluding hydrogens is 204 g/mol. The van der Waals surface area contributed by atoms with Gasteiger partial charge in [-0.15, -0.1) is 5.16 Å². The van der Waals surface area contributed by atoms with Crippen LogP contribution >= 0.6 is 11.6 Å². The third kappa shape index (κ3) is 3.45. The van der Waals surface area contributed by atoms with Gasteiger partial charge in [-0.1, -0.05) is 11.6 Å². The van der Waals surface area contributed by atoms with Crippen LogP contribution in [0.3, 0.4) is 0 Å². The summed E-state index contributed by atoms with van der Waals surface area (Å²) in [6, 6.07) is 6.76. The van der Waals surface area contributed by atoms with Gasteiger partial charge in [-0.2, -0.15) is 0 Å². The lowest BCUT2D eigenvalue weighted by Crippen LogP contribution is -2.16. The molecule has 1 N–H and O–H groups in total. The van der Waals surface area contributed by atoms with Gasteiger partial charge in [-0.25, -0.2) is 0 Å². The largest absolute Gasteiger partial charge is 0.386 e. The first-order valence-corrected chi connectivity index (χ1v) is 4.23. The third-order valence-electron chi connectivity index (χ3n) is 1.41. The number of amides is 1. The normalized spacial score (nSPS) is 9.21. The molecule has 14 heavy (non-hydrogen) atoms. The van der Waals surface area contributed by atoms with Crippen LogP contribution in [0.2, 0.25) is 5.02 Å². The van der Waals surface area contributed by atoms with Crippen LogP contribution in [0.25, 0.3) is 0 Å². The predicted molar refractivity (Wildman–Crippen MR) is 55.6 cm³/mol. The van der Waals surface area contributed by atoms with Crippen molar-refractivity contribution >= 4 is 29.9 Å². The molecule has 0 aliphatic heterocycles. The second-order valence-corrected chi connectivity index (χ2v) is 2.89. The van der Waals surface area contributed by atoms with Gasteiger partial charge < -0.3 is 10.2 Å². The Bertz CT molecular complexity index is 324. The predicted octanol–water partition coefficient (Wildman–Crippen LogP) is 1.91. The Morgan fingerprint density at radius 1 is 1.50 bits per heavy atom. The van der Waals surface area contributed by atoms with Crippen LogP contribution in [0, 0.1) is 0 Å². The molecule has 0 bridgehead atoms. The maximum atomic E-state index is 11.1. The molecule has 0 fully saturated rings. The van der Waals surface area contributed by atoms with E-state index in [-0.39, 0.29) is 12.5 Å². The van der Waals surface area contributed by atoms with Gasteiger partial charge in [0.05, 0.1) is 0 Å². The van der Waals surface area contributed by atoms with Crippen LogP contribution < -0.4 is 5.32 Å². The molecule has 0 aliphatic rings. The molecule has 0 saturated carbocycles. The second kappa shape index (κ2) is 5.24. The van der Waals surface area contributed by atoms with E-state index < -0.39 is 0 Å². The number of carbonyl (C=O) groups is 1. The summed E-state index contributed by atoms with van der Waals surface area (Å²) in [5.41, 5.74) is 0.659. The summed E-state index contributed by atoms with van der Waals surface area (Å²) in [6.45, 7) is 2.93. The van der Waals surface area contributed by atoms with Crippen molar-refractivity contribution in [1.82, 2.24) is 0 Å². The number of rotatable bonds is 4. The van der Waals surface area contributed by atoms with Crippen LogP contribution in [0.5, 0.6) is 0 Å². The third-order valence-corrected chi connectivity index (χ3v) is 1.67. The van der Waals surface area contributed by atoms with Crippen LogP contribution in [-0.2, 0) is 9.63 Å². The summed E-state index contributed by atoms with van der Waals surface area (Å²) >= 11 is 5.67. The van der Waals surface area contributed by atoms with E-state index in [1.165, 1.54) is 0 Å². The van der Waals surface area contributed by atoms with Crippen LogP contribution in [0.1, 0.15) is 0 Å². The first-order chi connectivity index (χ1) is 6.72. The van der Waals surface area contributed by atoms with Crippen molar-refractivity contribution in [1.29, 1.82) is 0 Å². The van der Waals surface area contributed by atoms with Crippen LogP contribution in [-0.4, -0.2) is 19.2 Å². The molecule has 1 aromatic carbocycles. The van der Waals surface area contributed by atoms with E-state index in [9.17, 15) is 4.79 Å². The van der Waals surface area contributed by atoms with E-state index in [4.69, 9.17) is 11.6 Å². The number of nitrogens with one attached hydrogen (secondary N) is 1. The number of halogens is 1. The topological polar surface area (TPSA) is 50.7 Å². The lowest BCUT2D eigenvalue weighted by molar-refractivity contribution is -0.120. The van der Waals surface area contributed by atoms with Gasteiger partial charge in [0.1, 0.15) is 0 Å². The Kier molecular flexibility index (Phi) is 3.94. The first kappa shape index (κ1) is 10.5. The fourth-order valence-corrected chi connectivity index (χ4v) is 0.961. The van der Waals surface area contributed by atoms with Crippen molar-refractivity contribution in [2.24, 2.45) is 5.16 Å². The minimum Gasteiger partial charge on any atom is -0.386 e. The van der Waals surface area contributed by atoms with Gasteiger partial charge in [0.25, 0.3) is 5.91 Å². The molecule has 0 unspecified atom stereocenters. The van der Waals surface area contributed by atoms with Crippen molar-refractivity contribution in [3.63, 3.8) is 0 Å². The van der Waals surface area contributed by atoms with Crippen molar-refractivity contribution in [2.75, 3.05) is 11.9 Å². The van der Waals surface area contributed by atoms with Crippen molar-refractivity contribution in [3.8, 4) is 0 Å². The molecule has 5 heteroatoms. The number of carbonyl (C=O) groups excluding carboxylic acids is 1. The second-order valence-electron chi connectivity index (χ2n) is 2.46. The Morgan fingerprint density at radius 2 is 2.14 bits per heavy atom. The molecule has 0 aliphatic carbocycles. The SMILES string of the molecule is C=NOCC(=O)Nc1ccc(Cl)cc1. The Balaban J connectivity index is 2.47. The van der Waals surface area contributed by atoms with E-state index >= 15 is 0 Å². The van der Waals surface area contributed by atoms with Crippen molar-refractivity contribution in [2.45, 2.75) is 0 Å². The Morgan fingerprint density at radius 3 is 2.71 bits per heavy atom. The summed E-state index contributed by atoms with van der Waals surface area (Å²) in [4.78, 5) is 15.6. The summed E-state index contributed by atoms with van der Waals surface area (Å²) in [7, 11) is 0. The molecule has 1 amide bonds. The number of oxime groups is 1. The number of anilines is 1. The number of hydrogen-bond donors (Lipinski definition) is 1. The van der Waals surface area contributed by atoms with E-state index in [2.05, 4.69) is 22.0 Å². The van der Waals surface area contributed by atoms with E-state index in [1.807, 2.05) is 0 Å². The van der Waals surface area contributed by atoms with Crippen molar-refractivity contribution in [3.05, 3.63) is 29.3 Å². The maximum Gasteiger partial charge on any atom is 0.265 e. The molecule has 0 spiro atoms. The minimum absolute atomic E-state index is 0.147. The minimum atomic E-state index is -0.292. The molecule has 0 heterocycles. The van der Waals surface area contributed by atoms with Gasteiger partial charge in [0, 0.05) is 17.4 Å². The highest BCUT2D eigenvalue weighted by atomic mass is 35.5. The van der Waals surface area contributed by atoms with E-state index in [0.29, 0.717) is 10.7 Å². The average Bonchev–Trinajstić information content (AvgIpc) is 2.18. The van der Waals surface area contributed by atoms with E-state index in [0.717, 1.165) is 0 Å². The molecule has 1 aromatic rings. The Hall–Kier alpha value is -1.55. The lowest BCUT2D eigenvalue weighted by Gasteiger charge is -2.03. The maximum absolute atomic E-state index is 11.1. The summed E-state index contributed by atoms with van der Waals surface area (Å²) in [5, 5.41) is 6.31. The summed E-state index contributed by atoms with van der Waals surface area (Å²) in [5.74, 6) is -0.292. The number of benzene rings is 1. The molecule has 0 aromatic heterocycles. The average molecular weight is 213 g/mol. The van der Waals surface area contributed by atoms with Crippen LogP contribution in [0.4, 0.5) is 5.69 Å². The van der Waals surface area contributed by atoms with Gasteiger partial charge in [-0.05, 0) is 24.3 Å². The molecule has 1 rings (SSSR count). The standard InChI is InChI=1S/C9H9ClN2O2/c1-11-14-6-9(13)12-8-4-2-7(10)3-5-8/h2-5H,1,6H2,(H,12,13). The first-order valence-electron chi connectivity index (χ1n) is 3.86. The highest BCUT2D eigenvalue weighted by Crippen LogP contribution is 2.12. The Labute approximate surface area is 86.5 Å². The molecule has 0 atom stereocenters. The van der Waals surface area contributed by atoms with Crippen molar-refractivity contribution < 1.29 is 9.63 Å². The van der Waals surface area contributed by atoms with Gasteiger partial charge >= 0.3 is 0 Å². The smallest absolute Gasteiger partial charge is 0.265 e. The molecular formula is C9H9ClN2O2. The van der Waals surface area contributed by atoms with E-state index in [1.54, 1.807) is 24.3 Å². The number of hydrogen-bond acceptors (Lipinski definition) is 3. The zero-order valence-electron chi connectivity index (χ0n) is 7.37. The monoisotopic (exact) mass is 212 g/mol. The summed E-state index contributed by atoms with van der Waals surface area (Å²) < 4.78 is 0. The zero-order valence-corrected chi connectivity index (χ0v) is 8.12. The van der Waals surface area contributed by atoms with Crippen LogP contribution in [0.15, 0.2) is 29.4 Å². The molecule has 0 saturated heterocycles. The molecule has 0 radical (unpaired) electrons. The fourth-order valence-electron chi connectivity index (χ4n) is 0.835. The fraction of sp³-hybridized carbons (Fsp3) is 0.111. The summed E-state index contributed by atoms with van der Waals surface area (Å²) in [6.07, 6.45) is 0. The molecule has 74 valence electrons. The van der Waals surface area contributed by atoms with Gasteiger partial charge in [-0.3, -0.25) is 4.79 Å². The lowest BCUT2D eigenvalue weighted by atomic mass is 10.3. The van der Waals surface area contributed by atoms with Gasteiger partial charge in [0.2, 0.25) is 0 Å². The highest BCUT2D eigenvalue weighted by Gasteiger charge is 2.01. The van der Waals surface area contributed by atoms with Gasteiger partial charge in [0.15, 0.2) is 6.61 Å². The highest BCUT2D eigenvalue weighted by molar-refractivity contribution is 6.30.